The van der Waals surface area contributed by atoms with Crippen molar-refractivity contribution in [2.75, 3.05) is 13.2 Å². The second-order valence-corrected chi connectivity index (χ2v) is 3.97. The van der Waals surface area contributed by atoms with Gasteiger partial charge in [0, 0.05) is 0 Å². The van der Waals surface area contributed by atoms with Crippen LogP contribution in [0.15, 0.2) is 24.3 Å². The Morgan fingerprint density at radius 1 is 1.35 bits per heavy atom. The van der Waals surface area contributed by atoms with Crippen molar-refractivity contribution in [1.82, 2.24) is 0 Å². The highest BCUT2D eigenvalue weighted by molar-refractivity contribution is 5.72. The number of rotatable bonds is 6. The van der Waals surface area contributed by atoms with E-state index in [1.54, 1.807) is 6.92 Å². The summed E-state index contributed by atoms with van der Waals surface area (Å²) in [4.78, 5) is 11.4. The van der Waals surface area contributed by atoms with Crippen LogP contribution in [0.1, 0.15) is 26.3 Å². The summed E-state index contributed by atoms with van der Waals surface area (Å²) >= 11 is 0. The molecule has 1 unspecified atom stereocenters. The lowest BCUT2D eigenvalue weighted by atomic mass is 10.1. The molecule has 0 radical (unpaired) electrons. The first kappa shape index (κ1) is 13.6. The first-order chi connectivity index (χ1) is 8.17. The van der Waals surface area contributed by atoms with Crippen LogP contribution in [0, 0.1) is 5.92 Å². The average Bonchev–Trinajstić information content (AvgIpc) is 2.36. The van der Waals surface area contributed by atoms with Crippen LogP contribution >= 0.6 is 0 Å². The van der Waals surface area contributed by atoms with E-state index in [1.807, 2.05) is 25.1 Å². The lowest BCUT2D eigenvalue weighted by Gasteiger charge is -2.12. The molecule has 0 N–H and O–H groups in total. The number of aryl methyl sites for hydroxylation is 1. The molecule has 1 atom stereocenters. The van der Waals surface area contributed by atoms with Gasteiger partial charge >= 0.3 is 5.97 Å². The Morgan fingerprint density at radius 2 is 2.12 bits per heavy atom. The first-order valence-electron chi connectivity index (χ1n) is 6.05. The zero-order chi connectivity index (χ0) is 12.7. The van der Waals surface area contributed by atoms with Gasteiger partial charge in [0.1, 0.15) is 12.4 Å². The molecule has 0 spiro atoms. The normalized spacial score (nSPS) is 11.9. The maximum absolute atomic E-state index is 11.4. The number of hydrogen-bond donors (Lipinski definition) is 0. The summed E-state index contributed by atoms with van der Waals surface area (Å²) < 4.78 is 10.5. The summed E-state index contributed by atoms with van der Waals surface area (Å²) in [5, 5.41) is 0. The van der Waals surface area contributed by atoms with E-state index >= 15 is 0 Å². The lowest BCUT2D eigenvalue weighted by molar-refractivity contribution is -0.148. The molecule has 1 rings (SSSR count). The van der Waals surface area contributed by atoms with Crippen LogP contribution in [-0.4, -0.2) is 19.2 Å². The molecule has 0 amide bonds. The summed E-state index contributed by atoms with van der Waals surface area (Å²) in [5.41, 5.74) is 1.23. The molecular formula is C14H20O3. The Bertz CT molecular complexity index is 360. The summed E-state index contributed by atoms with van der Waals surface area (Å²) in [6, 6.07) is 7.92. The Morgan fingerprint density at radius 3 is 2.76 bits per heavy atom. The number of hydrogen-bond acceptors (Lipinski definition) is 3. The number of ether oxygens (including phenoxy) is 2. The maximum atomic E-state index is 11.4. The van der Waals surface area contributed by atoms with Crippen LogP contribution in [0.5, 0.6) is 5.75 Å². The minimum atomic E-state index is -0.236. The molecule has 0 aromatic heterocycles. The summed E-state index contributed by atoms with van der Waals surface area (Å²) in [5.74, 6) is 0.361. The van der Waals surface area contributed by atoms with E-state index in [1.165, 1.54) is 5.56 Å². The highest BCUT2D eigenvalue weighted by Crippen LogP contribution is 2.14. The third-order valence-electron chi connectivity index (χ3n) is 2.50. The Balaban J connectivity index is 2.46. The van der Waals surface area contributed by atoms with Crippen LogP contribution < -0.4 is 4.74 Å². The highest BCUT2D eigenvalue weighted by atomic mass is 16.5. The van der Waals surface area contributed by atoms with E-state index in [0.29, 0.717) is 13.2 Å². The van der Waals surface area contributed by atoms with Crippen molar-refractivity contribution in [1.29, 1.82) is 0 Å². The van der Waals surface area contributed by atoms with E-state index in [-0.39, 0.29) is 11.9 Å². The van der Waals surface area contributed by atoms with Crippen LogP contribution in [0.25, 0.3) is 0 Å². The summed E-state index contributed by atoms with van der Waals surface area (Å²) in [6.45, 7) is 6.47. The van der Waals surface area contributed by atoms with Gasteiger partial charge in [0.25, 0.3) is 0 Å². The molecule has 0 fully saturated rings. The van der Waals surface area contributed by atoms with Gasteiger partial charge in [-0.3, -0.25) is 4.79 Å². The third kappa shape index (κ3) is 4.47. The second kappa shape index (κ2) is 6.94. The van der Waals surface area contributed by atoms with Gasteiger partial charge in [-0.2, -0.15) is 0 Å². The molecule has 0 saturated heterocycles. The van der Waals surface area contributed by atoms with E-state index in [9.17, 15) is 4.79 Å². The van der Waals surface area contributed by atoms with Crippen LogP contribution in [0.4, 0.5) is 0 Å². The molecule has 0 heterocycles. The molecule has 0 saturated carbocycles. The molecule has 94 valence electrons. The fourth-order valence-electron chi connectivity index (χ4n) is 1.43. The molecule has 3 heteroatoms. The number of carbonyl (C=O) groups excluding carboxylic acids is 1. The molecule has 1 aromatic rings. The summed E-state index contributed by atoms with van der Waals surface area (Å²) in [6.07, 6.45) is 0.977. The van der Waals surface area contributed by atoms with Crippen molar-refractivity contribution in [3.05, 3.63) is 29.8 Å². The van der Waals surface area contributed by atoms with E-state index in [4.69, 9.17) is 9.47 Å². The fourth-order valence-corrected chi connectivity index (χ4v) is 1.43. The monoisotopic (exact) mass is 236 g/mol. The third-order valence-corrected chi connectivity index (χ3v) is 2.50. The SMILES string of the molecule is CCOC(=O)C(C)COc1cccc(CC)c1. The van der Waals surface area contributed by atoms with Gasteiger partial charge in [0.2, 0.25) is 0 Å². The number of carbonyl (C=O) groups is 1. The van der Waals surface area contributed by atoms with Crippen molar-refractivity contribution in [2.45, 2.75) is 27.2 Å². The topological polar surface area (TPSA) is 35.5 Å². The van der Waals surface area contributed by atoms with Crippen molar-refractivity contribution in [3.63, 3.8) is 0 Å². The van der Waals surface area contributed by atoms with Gasteiger partial charge in [0.15, 0.2) is 0 Å². The molecular weight excluding hydrogens is 216 g/mol. The zero-order valence-electron chi connectivity index (χ0n) is 10.7. The Kier molecular flexibility index (Phi) is 5.53. The predicted molar refractivity (Wildman–Crippen MR) is 67.1 cm³/mol. The molecule has 17 heavy (non-hydrogen) atoms. The number of esters is 1. The van der Waals surface area contributed by atoms with E-state index < -0.39 is 0 Å². The number of benzene rings is 1. The molecule has 1 aromatic carbocycles. The maximum Gasteiger partial charge on any atom is 0.312 e. The average molecular weight is 236 g/mol. The molecule has 3 nitrogen and oxygen atoms in total. The largest absolute Gasteiger partial charge is 0.493 e. The highest BCUT2D eigenvalue weighted by Gasteiger charge is 2.14. The van der Waals surface area contributed by atoms with E-state index in [2.05, 4.69) is 13.0 Å². The smallest absolute Gasteiger partial charge is 0.312 e. The van der Waals surface area contributed by atoms with Gasteiger partial charge in [-0.05, 0) is 38.0 Å². The van der Waals surface area contributed by atoms with Crippen molar-refractivity contribution >= 4 is 5.97 Å². The Hall–Kier alpha value is -1.51. The van der Waals surface area contributed by atoms with Crippen molar-refractivity contribution in [3.8, 4) is 5.75 Å². The van der Waals surface area contributed by atoms with Gasteiger partial charge in [-0.15, -0.1) is 0 Å². The molecule has 0 bridgehead atoms. The zero-order valence-corrected chi connectivity index (χ0v) is 10.7. The standard InChI is InChI=1S/C14H20O3/c1-4-12-7-6-8-13(9-12)17-10-11(3)14(15)16-5-2/h6-9,11H,4-5,10H2,1-3H3. The molecule has 0 aliphatic rings. The van der Waals surface area contributed by atoms with Crippen molar-refractivity contribution < 1.29 is 14.3 Å². The van der Waals surface area contributed by atoms with Gasteiger partial charge < -0.3 is 9.47 Å². The van der Waals surface area contributed by atoms with E-state index in [0.717, 1.165) is 12.2 Å². The second-order valence-electron chi connectivity index (χ2n) is 3.97. The predicted octanol–water partition coefficient (Wildman–Crippen LogP) is 2.83. The minimum absolute atomic E-state index is 0.209. The first-order valence-corrected chi connectivity index (χ1v) is 6.05. The lowest BCUT2D eigenvalue weighted by Crippen LogP contribution is -2.21. The molecule has 0 aliphatic carbocycles. The van der Waals surface area contributed by atoms with Crippen LogP contribution in [0.2, 0.25) is 0 Å². The van der Waals surface area contributed by atoms with Gasteiger partial charge in [0.05, 0.1) is 12.5 Å². The van der Waals surface area contributed by atoms with Crippen LogP contribution in [-0.2, 0) is 16.0 Å². The minimum Gasteiger partial charge on any atom is -0.493 e. The van der Waals surface area contributed by atoms with Gasteiger partial charge in [-0.25, -0.2) is 0 Å². The fraction of sp³-hybridized carbons (Fsp3) is 0.500. The summed E-state index contributed by atoms with van der Waals surface area (Å²) in [7, 11) is 0. The van der Waals surface area contributed by atoms with Crippen LogP contribution in [0.3, 0.4) is 0 Å². The van der Waals surface area contributed by atoms with Crippen molar-refractivity contribution in [2.24, 2.45) is 5.92 Å². The molecule has 0 aliphatic heterocycles. The quantitative estimate of drug-likeness (QED) is 0.712. The van der Waals surface area contributed by atoms with Gasteiger partial charge in [-0.1, -0.05) is 19.1 Å². The Labute approximate surface area is 103 Å².